The maximum absolute atomic E-state index is 13.3. The largest absolute Gasteiger partial charge is 0.493 e. The van der Waals surface area contributed by atoms with Gasteiger partial charge in [-0.1, -0.05) is 25.7 Å². The molecular weight excluding hydrogens is 482 g/mol. The third-order valence-corrected chi connectivity index (χ3v) is 6.96. The highest BCUT2D eigenvalue weighted by molar-refractivity contribution is 5.99. The Hall–Kier alpha value is -2.72. The van der Waals surface area contributed by atoms with Gasteiger partial charge in [-0.05, 0) is 32.6 Å². The van der Waals surface area contributed by atoms with Gasteiger partial charge in [-0.2, -0.15) is 0 Å². The number of aromatic nitrogens is 1. The van der Waals surface area contributed by atoms with Gasteiger partial charge in [-0.25, -0.2) is 4.98 Å². The predicted octanol–water partition coefficient (Wildman–Crippen LogP) is 4.03. The topological polar surface area (TPSA) is 119 Å². The molecule has 1 saturated carbocycles. The van der Waals surface area contributed by atoms with Gasteiger partial charge >= 0.3 is 11.9 Å². The minimum atomic E-state index is -0.643. The summed E-state index contributed by atoms with van der Waals surface area (Å²) in [4.78, 5) is 41.8. The van der Waals surface area contributed by atoms with Crippen molar-refractivity contribution in [3.63, 3.8) is 0 Å². The molecule has 2 aliphatic rings. The van der Waals surface area contributed by atoms with Gasteiger partial charge in [-0.3, -0.25) is 14.4 Å². The zero-order valence-corrected chi connectivity index (χ0v) is 22.2. The van der Waals surface area contributed by atoms with E-state index in [1.165, 1.54) is 26.3 Å². The monoisotopic (exact) mass is 521 g/mol. The highest BCUT2D eigenvalue weighted by atomic mass is 16.7. The van der Waals surface area contributed by atoms with Gasteiger partial charge in [0.15, 0.2) is 23.0 Å². The van der Waals surface area contributed by atoms with Crippen molar-refractivity contribution in [1.82, 2.24) is 4.98 Å². The number of carbonyl (C=O) groups is 3. The number of ether oxygens (including phenoxy) is 6. The normalized spacial score (nSPS) is 25.2. The molecular formula is C27H39NO9. The van der Waals surface area contributed by atoms with Crippen LogP contribution in [0.15, 0.2) is 12.3 Å². The van der Waals surface area contributed by atoms with Crippen LogP contribution in [0.25, 0.3) is 0 Å². The zero-order valence-electron chi connectivity index (χ0n) is 22.2. The summed E-state index contributed by atoms with van der Waals surface area (Å²) < 4.78 is 33.6. The van der Waals surface area contributed by atoms with Crippen molar-refractivity contribution in [3.05, 3.63) is 18.0 Å². The van der Waals surface area contributed by atoms with E-state index in [0.717, 1.165) is 44.9 Å². The van der Waals surface area contributed by atoms with Gasteiger partial charge in [-0.15, -0.1) is 0 Å². The molecule has 3 rings (SSSR count). The first-order valence-electron chi connectivity index (χ1n) is 13.0. The Labute approximate surface area is 218 Å². The first kappa shape index (κ1) is 28.8. The molecule has 0 N–H and O–H groups in total. The van der Waals surface area contributed by atoms with E-state index in [4.69, 9.17) is 28.4 Å². The standard InChI is InChI=1S/C27H39NO9/c1-17-25(37-20-10-6-7-11-20)22(32-3)12-8-5-9-19(27(31)36-17)15-21(30)24-26(35-16-34-18(2)29)23(33-4)13-14-28-24/h13-14,17,19-20,22,25H,5-12,15-16H2,1-4H3/t17-,19+,22-,25-/m0/s1. The molecule has 206 valence electrons. The van der Waals surface area contributed by atoms with Gasteiger partial charge in [0.1, 0.15) is 12.2 Å². The molecule has 0 bridgehead atoms. The van der Waals surface area contributed by atoms with E-state index in [9.17, 15) is 14.4 Å². The molecule has 1 aromatic heterocycles. The lowest BCUT2D eigenvalue weighted by molar-refractivity contribution is -0.178. The number of rotatable bonds is 10. The van der Waals surface area contributed by atoms with Crippen molar-refractivity contribution in [3.8, 4) is 11.5 Å². The van der Waals surface area contributed by atoms with Gasteiger partial charge in [0.25, 0.3) is 0 Å². The number of ketones is 1. The predicted molar refractivity (Wildman–Crippen MR) is 132 cm³/mol. The van der Waals surface area contributed by atoms with Crippen molar-refractivity contribution >= 4 is 17.7 Å². The fourth-order valence-corrected chi connectivity index (χ4v) is 4.97. The molecule has 37 heavy (non-hydrogen) atoms. The summed E-state index contributed by atoms with van der Waals surface area (Å²) in [5.41, 5.74) is 0.00587. The third kappa shape index (κ3) is 8.13. The fourth-order valence-electron chi connectivity index (χ4n) is 4.97. The molecule has 1 aliphatic carbocycles. The number of Topliss-reactive ketones (excluding diaryl/α,β-unsaturated/α-hetero) is 1. The number of nitrogens with zero attached hydrogens (tertiary/aromatic N) is 1. The number of cyclic esters (lactones) is 1. The quantitative estimate of drug-likeness (QED) is 0.254. The molecule has 1 saturated heterocycles. The SMILES string of the molecule is COc1ccnc(C(=O)C[C@H]2CCCC[C@H](OC)[C@@H](OC3CCCC3)[C@H](C)OC2=O)c1OCOC(C)=O. The van der Waals surface area contributed by atoms with Crippen LogP contribution < -0.4 is 9.47 Å². The average Bonchev–Trinajstić information content (AvgIpc) is 3.39. The molecule has 10 nitrogen and oxygen atoms in total. The van der Waals surface area contributed by atoms with Gasteiger partial charge in [0, 0.05) is 32.7 Å². The summed E-state index contributed by atoms with van der Waals surface area (Å²) in [7, 11) is 3.10. The summed E-state index contributed by atoms with van der Waals surface area (Å²) in [5.74, 6) is -1.67. The Kier molecular flexibility index (Phi) is 11.1. The minimum Gasteiger partial charge on any atom is -0.493 e. The second kappa shape index (κ2) is 14.3. The molecule has 4 atom stereocenters. The van der Waals surface area contributed by atoms with Crippen molar-refractivity contribution < 1.29 is 42.8 Å². The fraction of sp³-hybridized carbons (Fsp3) is 0.704. The number of carbonyl (C=O) groups excluding carboxylic acids is 3. The van der Waals surface area contributed by atoms with Crippen LogP contribution in [0.5, 0.6) is 11.5 Å². The summed E-state index contributed by atoms with van der Waals surface area (Å²) in [5, 5.41) is 0. The molecule has 0 amide bonds. The lowest BCUT2D eigenvalue weighted by Gasteiger charge is -2.34. The maximum Gasteiger partial charge on any atom is 0.309 e. The first-order chi connectivity index (χ1) is 17.8. The lowest BCUT2D eigenvalue weighted by atomic mass is 9.92. The Balaban J connectivity index is 1.73. The van der Waals surface area contributed by atoms with Crippen LogP contribution in [0.2, 0.25) is 0 Å². The molecule has 1 aromatic rings. The van der Waals surface area contributed by atoms with Crippen LogP contribution in [0.1, 0.15) is 82.1 Å². The molecule has 0 spiro atoms. The van der Waals surface area contributed by atoms with Crippen LogP contribution in [-0.2, 0) is 28.5 Å². The highest BCUT2D eigenvalue weighted by Gasteiger charge is 2.36. The van der Waals surface area contributed by atoms with Crippen LogP contribution in [0, 0.1) is 5.92 Å². The average molecular weight is 522 g/mol. The van der Waals surface area contributed by atoms with E-state index in [-0.39, 0.29) is 41.9 Å². The molecule has 2 heterocycles. The van der Waals surface area contributed by atoms with E-state index in [0.29, 0.717) is 6.42 Å². The van der Waals surface area contributed by atoms with Crippen molar-refractivity contribution in [2.24, 2.45) is 5.92 Å². The van der Waals surface area contributed by atoms with Crippen molar-refractivity contribution in [2.45, 2.75) is 96.1 Å². The van der Waals surface area contributed by atoms with Gasteiger partial charge in [0.05, 0.1) is 25.2 Å². The molecule has 1 aliphatic heterocycles. The number of hydrogen-bond donors (Lipinski definition) is 0. The second-order valence-electron chi connectivity index (χ2n) is 9.62. The van der Waals surface area contributed by atoms with E-state index >= 15 is 0 Å². The summed E-state index contributed by atoms with van der Waals surface area (Å²) in [6.07, 6.45) is 7.54. The Morgan fingerprint density at radius 1 is 1.08 bits per heavy atom. The van der Waals surface area contributed by atoms with Gasteiger partial charge in [0.2, 0.25) is 6.79 Å². The van der Waals surface area contributed by atoms with E-state index in [1.807, 2.05) is 6.92 Å². The first-order valence-corrected chi connectivity index (χ1v) is 13.0. The summed E-state index contributed by atoms with van der Waals surface area (Å²) >= 11 is 0. The third-order valence-electron chi connectivity index (χ3n) is 6.96. The number of hydrogen-bond acceptors (Lipinski definition) is 10. The van der Waals surface area contributed by atoms with E-state index in [1.54, 1.807) is 7.11 Å². The number of esters is 2. The number of methoxy groups -OCH3 is 2. The smallest absolute Gasteiger partial charge is 0.309 e. The Morgan fingerprint density at radius 3 is 2.46 bits per heavy atom. The molecule has 10 heteroatoms. The lowest BCUT2D eigenvalue weighted by Crippen LogP contribution is -2.44. The molecule has 0 aromatic carbocycles. The molecule has 0 radical (unpaired) electrons. The maximum atomic E-state index is 13.3. The molecule has 0 unspecified atom stereocenters. The van der Waals surface area contributed by atoms with Crippen LogP contribution in [-0.4, -0.2) is 68.1 Å². The van der Waals surface area contributed by atoms with Gasteiger partial charge < -0.3 is 28.4 Å². The number of pyridine rings is 1. The van der Waals surface area contributed by atoms with Crippen LogP contribution in [0.4, 0.5) is 0 Å². The highest BCUT2D eigenvalue weighted by Crippen LogP contribution is 2.33. The Bertz CT molecular complexity index is 915. The van der Waals surface area contributed by atoms with Crippen molar-refractivity contribution in [1.29, 1.82) is 0 Å². The van der Waals surface area contributed by atoms with Crippen molar-refractivity contribution in [2.75, 3.05) is 21.0 Å². The molecule has 2 fully saturated rings. The summed E-state index contributed by atoms with van der Waals surface area (Å²) in [6, 6.07) is 1.54. The Morgan fingerprint density at radius 2 is 1.78 bits per heavy atom. The minimum absolute atomic E-state index is 0.00587. The summed E-state index contributed by atoms with van der Waals surface area (Å²) in [6.45, 7) is 2.68. The van der Waals surface area contributed by atoms with E-state index < -0.39 is 36.5 Å². The zero-order chi connectivity index (χ0) is 26.8. The van der Waals surface area contributed by atoms with E-state index in [2.05, 4.69) is 4.98 Å². The van der Waals surface area contributed by atoms with Crippen LogP contribution in [0.3, 0.4) is 0 Å². The second-order valence-corrected chi connectivity index (χ2v) is 9.62. The van der Waals surface area contributed by atoms with Crippen LogP contribution >= 0.6 is 0 Å².